The first-order valence-electron chi connectivity index (χ1n) is 4.71. The number of aryl methyl sites for hydroxylation is 1. The molecule has 1 rings (SSSR count). The zero-order valence-electron chi connectivity index (χ0n) is 8.53. The van der Waals surface area contributed by atoms with Crippen LogP contribution in [0.4, 0.5) is 0 Å². The van der Waals surface area contributed by atoms with Crippen LogP contribution in [-0.4, -0.2) is 17.0 Å². The predicted octanol–water partition coefficient (Wildman–Crippen LogP) is 3.34. The lowest BCUT2D eigenvalue weighted by atomic mass is 10.0. The van der Waals surface area contributed by atoms with E-state index in [9.17, 15) is 4.79 Å². The maximum atomic E-state index is 10.8. The molecule has 0 fully saturated rings. The van der Waals surface area contributed by atoms with E-state index < -0.39 is 5.97 Å². The van der Waals surface area contributed by atoms with Crippen molar-refractivity contribution in [2.24, 2.45) is 0 Å². The van der Waals surface area contributed by atoms with E-state index in [2.05, 4.69) is 0 Å². The predicted molar refractivity (Wildman–Crippen MR) is 62.5 cm³/mol. The number of aromatic carboxylic acids is 1. The summed E-state index contributed by atoms with van der Waals surface area (Å²) in [6.45, 7) is 1.79. The number of hydrogen-bond acceptors (Lipinski definition) is 1. The number of allylic oxidation sites excluding steroid dienone is 1. The van der Waals surface area contributed by atoms with Crippen LogP contribution in [0.15, 0.2) is 24.3 Å². The molecule has 0 amide bonds. The lowest BCUT2D eigenvalue weighted by Crippen LogP contribution is -1.99. The minimum atomic E-state index is -0.885. The average Bonchev–Trinajstić information content (AvgIpc) is 2.17. The van der Waals surface area contributed by atoms with E-state index in [-0.39, 0.29) is 0 Å². The molecule has 0 aromatic heterocycles. The Kier molecular flexibility index (Phi) is 4.37. The van der Waals surface area contributed by atoms with E-state index in [0.717, 1.165) is 17.5 Å². The molecule has 0 saturated heterocycles. The van der Waals surface area contributed by atoms with E-state index in [1.807, 2.05) is 18.2 Å². The van der Waals surface area contributed by atoms with Crippen LogP contribution in [0.3, 0.4) is 0 Å². The average molecular weight is 225 g/mol. The number of carboxylic acid groups (broad SMARTS) is 1. The van der Waals surface area contributed by atoms with Crippen molar-refractivity contribution in [3.8, 4) is 0 Å². The Hall–Kier alpha value is -1.28. The van der Waals surface area contributed by atoms with Gasteiger partial charge >= 0.3 is 5.97 Å². The first-order valence-corrected chi connectivity index (χ1v) is 5.25. The Labute approximate surface area is 94.2 Å². The summed E-state index contributed by atoms with van der Waals surface area (Å²) >= 11 is 5.54. The van der Waals surface area contributed by atoms with Crippen molar-refractivity contribution in [2.45, 2.75) is 13.3 Å². The second-order valence-corrected chi connectivity index (χ2v) is 3.64. The summed E-state index contributed by atoms with van der Waals surface area (Å²) in [4.78, 5) is 10.8. The zero-order chi connectivity index (χ0) is 11.3. The number of halogens is 1. The molecule has 0 radical (unpaired) electrons. The SMILES string of the molecule is Cc1cc(C=CCCCl)ccc1C(=O)O. The van der Waals surface area contributed by atoms with Gasteiger partial charge in [-0.05, 0) is 30.5 Å². The minimum absolute atomic E-state index is 0.351. The Morgan fingerprint density at radius 2 is 2.27 bits per heavy atom. The highest BCUT2D eigenvalue weighted by molar-refractivity contribution is 6.17. The molecule has 80 valence electrons. The van der Waals surface area contributed by atoms with Gasteiger partial charge in [0.2, 0.25) is 0 Å². The molecule has 0 aliphatic carbocycles. The third kappa shape index (κ3) is 3.40. The van der Waals surface area contributed by atoms with Gasteiger partial charge in [-0.3, -0.25) is 0 Å². The molecule has 1 aromatic rings. The Bertz CT molecular complexity index is 383. The molecule has 0 spiro atoms. The Balaban J connectivity index is 2.87. The first-order chi connectivity index (χ1) is 7.15. The maximum absolute atomic E-state index is 10.8. The van der Waals surface area contributed by atoms with Crippen molar-refractivity contribution in [1.29, 1.82) is 0 Å². The summed E-state index contributed by atoms with van der Waals surface area (Å²) in [5.41, 5.74) is 2.13. The third-order valence-electron chi connectivity index (χ3n) is 2.07. The van der Waals surface area contributed by atoms with Gasteiger partial charge in [-0.15, -0.1) is 11.6 Å². The highest BCUT2D eigenvalue weighted by Gasteiger charge is 2.05. The molecule has 1 N–H and O–H groups in total. The van der Waals surface area contributed by atoms with E-state index in [4.69, 9.17) is 16.7 Å². The summed E-state index contributed by atoms with van der Waals surface area (Å²) in [6, 6.07) is 5.27. The summed E-state index contributed by atoms with van der Waals surface area (Å²) in [6.07, 6.45) is 4.74. The number of rotatable bonds is 4. The monoisotopic (exact) mass is 224 g/mol. The fraction of sp³-hybridized carbons (Fsp3) is 0.250. The van der Waals surface area contributed by atoms with Crippen LogP contribution in [0.25, 0.3) is 6.08 Å². The zero-order valence-corrected chi connectivity index (χ0v) is 9.29. The molecule has 0 saturated carbocycles. The van der Waals surface area contributed by atoms with Gasteiger partial charge in [0, 0.05) is 5.88 Å². The topological polar surface area (TPSA) is 37.3 Å². The van der Waals surface area contributed by atoms with Crippen LogP contribution in [0, 0.1) is 6.92 Å². The van der Waals surface area contributed by atoms with Crippen LogP contribution in [0.1, 0.15) is 27.9 Å². The van der Waals surface area contributed by atoms with Crippen molar-refractivity contribution >= 4 is 23.6 Å². The smallest absolute Gasteiger partial charge is 0.335 e. The largest absolute Gasteiger partial charge is 0.478 e. The maximum Gasteiger partial charge on any atom is 0.335 e. The Morgan fingerprint density at radius 3 is 2.80 bits per heavy atom. The van der Waals surface area contributed by atoms with Gasteiger partial charge in [-0.2, -0.15) is 0 Å². The fourth-order valence-electron chi connectivity index (χ4n) is 1.31. The molecule has 0 bridgehead atoms. The molecule has 0 heterocycles. The highest BCUT2D eigenvalue weighted by Crippen LogP contribution is 2.12. The lowest BCUT2D eigenvalue weighted by Gasteiger charge is -2.01. The second kappa shape index (κ2) is 5.56. The molecular weight excluding hydrogens is 212 g/mol. The molecular formula is C12H13ClO2. The van der Waals surface area contributed by atoms with E-state index >= 15 is 0 Å². The van der Waals surface area contributed by atoms with Gasteiger partial charge in [0.05, 0.1) is 5.56 Å². The summed E-state index contributed by atoms with van der Waals surface area (Å²) in [5.74, 6) is -0.285. The summed E-state index contributed by atoms with van der Waals surface area (Å²) in [5, 5.41) is 8.84. The number of carboxylic acids is 1. The van der Waals surface area contributed by atoms with Crippen LogP contribution in [-0.2, 0) is 0 Å². The fourth-order valence-corrected chi connectivity index (χ4v) is 1.44. The van der Waals surface area contributed by atoms with Gasteiger partial charge < -0.3 is 5.11 Å². The normalized spacial score (nSPS) is 10.8. The Morgan fingerprint density at radius 1 is 1.53 bits per heavy atom. The molecule has 1 aromatic carbocycles. The molecule has 15 heavy (non-hydrogen) atoms. The molecule has 3 heteroatoms. The standard InChI is InChI=1S/C12H13ClO2/c1-9-8-10(4-2-3-7-13)5-6-11(9)12(14)15/h2,4-6,8H,3,7H2,1H3,(H,14,15). The van der Waals surface area contributed by atoms with Crippen molar-refractivity contribution in [3.05, 3.63) is 41.0 Å². The molecule has 2 nitrogen and oxygen atoms in total. The van der Waals surface area contributed by atoms with E-state index in [1.54, 1.807) is 19.1 Å². The van der Waals surface area contributed by atoms with Crippen LogP contribution < -0.4 is 0 Å². The highest BCUT2D eigenvalue weighted by atomic mass is 35.5. The molecule has 0 aliphatic heterocycles. The number of benzene rings is 1. The van der Waals surface area contributed by atoms with E-state index in [0.29, 0.717) is 11.4 Å². The van der Waals surface area contributed by atoms with Crippen molar-refractivity contribution in [3.63, 3.8) is 0 Å². The van der Waals surface area contributed by atoms with Crippen LogP contribution in [0.5, 0.6) is 0 Å². The number of alkyl halides is 1. The third-order valence-corrected chi connectivity index (χ3v) is 2.29. The van der Waals surface area contributed by atoms with Gasteiger partial charge in [-0.25, -0.2) is 4.79 Å². The first kappa shape index (κ1) is 11.8. The van der Waals surface area contributed by atoms with Gasteiger partial charge in [0.15, 0.2) is 0 Å². The lowest BCUT2D eigenvalue weighted by molar-refractivity contribution is 0.0696. The van der Waals surface area contributed by atoms with Crippen molar-refractivity contribution in [1.82, 2.24) is 0 Å². The van der Waals surface area contributed by atoms with Crippen LogP contribution in [0.2, 0.25) is 0 Å². The second-order valence-electron chi connectivity index (χ2n) is 3.26. The minimum Gasteiger partial charge on any atom is -0.478 e. The number of hydrogen-bond donors (Lipinski definition) is 1. The molecule has 0 unspecified atom stereocenters. The van der Waals surface area contributed by atoms with Crippen molar-refractivity contribution < 1.29 is 9.90 Å². The summed E-state index contributed by atoms with van der Waals surface area (Å²) < 4.78 is 0. The molecule has 0 atom stereocenters. The van der Waals surface area contributed by atoms with Gasteiger partial charge in [0.1, 0.15) is 0 Å². The van der Waals surface area contributed by atoms with Gasteiger partial charge in [0.25, 0.3) is 0 Å². The number of carbonyl (C=O) groups is 1. The summed E-state index contributed by atoms with van der Waals surface area (Å²) in [7, 11) is 0. The van der Waals surface area contributed by atoms with Gasteiger partial charge in [-0.1, -0.05) is 24.3 Å². The quantitative estimate of drug-likeness (QED) is 0.797. The van der Waals surface area contributed by atoms with Crippen molar-refractivity contribution in [2.75, 3.05) is 5.88 Å². The van der Waals surface area contributed by atoms with E-state index in [1.165, 1.54) is 0 Å². The van der Waals surface area contributed by atoms with Crippen LogP contribution >= 0.6 is 11.6 Å². The molecule has 0 aliphatic rings.